The standard InChI is InChI=1S/C9H15N3O/c1-7(2)8-10-9(13-11-8)12-5-3-4-6-12/h7H,3-6H2,1-2H3. The number of rotatable bonds is 2. The summed E-state index contributed by atoms with van der Waals surface area (Å²) in [5, 5.41) is 3.93. The first-order chi connectivity index (χ1) is 6.27. The van der Waals surface area contributed by atoms with Crippen molar-refractivity contribution in [3.63, 3.8) is 0 Å². The fourth-order valence-electron chi connectivity index (χ4n) is 1.50. The second-order valence-electron chi connectivity index (χ2n) is 3.78. The van der Waals surface area contributed by atoms with Crippen LogP contribution in [0.15, 0.2) is 4.52 Å². The lowest BCUT2D eigenvalue weighted by Crippen LogP contribution is -2.17. The summed E-state index contributed by atoms with van der Waals surface area (Å²) in [7, 11) is 0. The molecule has 1 aromatic heterocycles. The minimum Gasteiger partial charge on any atom is -0.324 e. The zero-order valence-electron chi connectivity index (χ0n) is 8.16. The van der Waals surface area contributed by atoms with Gasteiger partial charge in [-0.05, 0) is 12.8 Å². The van der Waals surface area contributed by atoms with E-state index in [1.54, 1.807) is 0 Å². The molecule has 0 saturated carbocycles. The minimum atomic E-state index is 0.347. The van der Waals surface area contributed by atoms with Crippen LogP contribution >= 0.6 is 0 Å². The van der Waals surface area contributed by atoms with Gasteiger partial charge in [0.15, 0.2) is 5.82 Å². The smallest absolute Gasteiger partial charge is 0.324 e. The van der Waals surface area contributed by atoms with Gasteiger partial charge < -0.3 is 9.42 Å². The molecule has 1 aliphatic heterocycles. The van der Waals surface area contributed by atoms with E-state index in [1.807, 2.05) is 0 Å². The van der Waals surface area contributed by atoms with Crippen molar-refractivity contribution in [1.82, 2.24) is 10.1 Å². The van der Waals surface area contributed by atoms with Gasteiger partial charge in [-0.2, -0.15) is 4.98 Å². The molecule has 1 aromatic rings. The van der Waals surface area contributed by atoms with Crippen LogP contribution in [0, 0.1) is 0 Å². The Hall–Kier alpha value is -1.06. The molecule has 0 aliphatic carbocycles. The molecule has 0 N–H and O–H groups in total. The van der Waals surface area contributed by atoms with Crippen LogP contribution in [0.1, 0.15) is 38.4 Å². The summed E-state index contributed by atoms with van der Waals surface area (Å²) in [5.74, 6) is 1.15. The molecule has 4 nitrogen and oxygen atoms in total. The second kappa shape index (κ2) is 3.36. The maximum absolute atomic E-state index is 5.17. The zero-order chi connectivity index (χ0) is 9.26. The zero-order valence-corrected chi connectivity index (χ0v) is 8.16. The number of nitrogens with zero attached hydrogens (tertiary/aromatic N) is 3. The Bertz CT molecular complexity index is 276. The molecule has 0 spiro atoms. The summed E-state index contributed by atoms with van der Waals surface area (Å²) in [5.41, 5.74) is 0. The number of hydrogen-bond acceptors (Lipinski definition) is 4. The quantitative estimate of drug-likeness (QED) is 0.697. The highest BCUT2D eigenvalue weighted by molar-refractivity contribution is 5.26. The molecule has 0 aromatic carbocycles. The van der Waals surface area contributed by atoms with E-state index in [9.17, 15) is 0 Å². The summed E-state index contributed by atoms with van der Waals surface area (Å²) in [4.78, 5) is 6.49. The van der Waals surface area contributed by atoms with Gasteiger partial charge in [-0.3, -0.25) is 0 Å². The van der Waals surface area contributed by atoms with Crippen molar-refractivity contribution in [2.75, 3.05) is 18.0 Å². The predicted octanol–water partition coefficient (Wildman–Crippen LogP) is 1.79. The Morgan fingerprint density at radius 3 is 2.54 bits per heavy atom. The highest BCUT2D eigenvalue weighted by Gasteiger charge is 2.19. The third-order valence-electron chi connectivity index (χ3n) is 2.32. The van der Waals surface area contributed by atoms with Crippen molar-refractivity contribution in [3.8, 4) is 0 Å². The second-order valence-corrected chi connectivity index (χ2v) is 3.78. The molecule has 0 radical (unpaired) electrons. The Balaban J connectivity index is 2.12. The van der Waals surface area contributed by atoms with Gasteiger partial charge in [0.25, 0.3) is 0 Å². The van der Waals surface area contributed by atoms with Crippen LogP contribution in [-0.4, -0.2) is 23.2 Å². The summed E-state index contributed by atoms with van der Waals surface area (Å²) < 4.78 is 5.17. The topological polar surface area (TPSA) is 42.2 Å². The predicted molar refractivity (Wildman–Crippen MR) is 49.8 cm³/mol. The summed E-state index contributed by atoms with van der Waals surface area (Å²) >= 11 is 0. The molecule has 1 aliphatic rings. The summed E-state index contributed by atoms with van der Waals surface area (Å²) in [6.45, 7) is 6.25. The van der Waals surface area contributed by atoms with Crippen LogP contribution in [0.25, 0.3) is 0 Å². The summed E-state index contributed by atoms with van der Waals surface area (Å²) in [6.07, 6.45) is 2.47. The molecule has 1 saturated heterocycles. The maximum Gasteiger partial charge on any atom is 0.324 e. The monoisotopic (exact) mass is 181 g/mol. The average Bonchev–Trinajstić information content (AvgIpc) is 2.75. The van der Waals surface area contributed by atoms with Gasteiger partial charge in [-0.1, -0.05) is 19.0 Å². The van der Waals surface area contributed by atoms with Crippen molar-refractivity contribution < 1.29 is 4.52 Å². The number of anilines is 1. The van der Waals surface area contributed by atoms with E-state index in [1.165, 1.54) is 12.8 Å². The first-order valence-electron chi connectivity index (χ1n) is 4.86. The first-order valence-corrected chi connectivity index (χ1v) is 4.86. The van der Waals surface area contributed by atoms with E-state index < -0.39 is 0 Å². The Morgan fingerprint density at radius 2 is 2.00 bits per heavy atom. The van der Waals surface area contributed by atoms with Gasteiger partial charge >= 0.3 is 6.01 Å². The highest BCUT2D eigenvalue weighted by atomic mass is 16.5. The van der Waals surface area contributed by atoms with Crippen LogP contribution in [-0.2, 0) is 0 Å². The molecular weight excluding hydrogens is 166 g/mol. The maximum atomic E-state index is 5.17. The van der Waals surface area contributed by atoms with Crippen molar-refractivity contribution in [3.05, 3.63) is 5.82 Å². The van der Waals surface area contributed by atoms with Crippen molar-refractivity contribution in [2.24, 2.45) is 0 Å². The van der Waals surface area contributed by atoms with Crippen molar-refractivity contribution >= 4 is 6.01 Å². The third-order valence-corrected chi connectivity index (χ3v) is 2.32. The van der Waals surface area contributed by atoms with Crippen LogP contribution in [0.3, 0.4) is 0 Å². The molecule has 0 unspecified atom stereocenters. The largest absolute Gasteiger partial charge is 0.324 e. The first kappa shape index (κ1) is 8.53. The van der Waals surface area contributed by atoms with Crippen molar-refractivity contribution in [1.29, 1.82) is 0 Å². The molecule has 72 valence electrons. The molecule has 0 bridgehead atoms. The van der Waals surface area contributed by atoms with Gasteiger partial charge in [-0.15, -0.1) is 0 Å². The lowest BCUT2D eigenvalue weighted by atomic mass is 10.2. The van der Waals surface area contributed by atoms with Gasteiger partial charge in [0, 0.05) is 19.0 Å². The molecular formula is C9H15N3O. The van der Waals surface area contributed by atoms with Gasteiger partial charge in [0.1, 0.15) is 0 Å². The Morgan fingerprint density at radius 1 is 1.31 bits per heavy atom. The van der Waals surface area contributed by atoms with Gasteiger partial charge in [0.05, 0.1) is 0 Å². The molecule has 13 heavy (non-hydrogen) atoms. The number of hydrogen-bond donors (Lipinski definition) is 0. The molecule has 0 amide bonds. The van der Waals surface area contributed by atoms with Crippen LogP contribution in [0.2, 0.25) is 0 Å². The molecule has 2 heterocycles. The fraction of sp³-hybridized carbons (Fsp3) is 0.778. The molecule has 1 fully saturated rings. The van der Waals surface area contributed by atoms with Crippen molar-refractivity contribution in [2.45, 2.75) is 32.6 Å². The molecule has 0 atom stereocenters. The van der Waals surface area contributed by atoms with Crippen LogP contribution < -0.4 is 4.90 Å². The molecule has 2 rings (SSSR count). The van der Waals surface area contributed by atoms with E-state index in [0.717, 1.165) is 18.9 Å². The van der Waals surface area contributed by atoms with Crippen LogP contribution in [0.5, 0.6) is 0 Å². The van der Waals surface area contributed by atoms with E-state index in [2.05, 4.69) is 28.9 Å². The fourth-order valence-corrected chi connectivity index (χ4v) is 1.50. The average molecular weight is 181 g/mol. The highest BCUT2D eigenvalue weighted by Crippen LogP contribution is 2.19. The minimum absolute atomic E-state index is 0.347. The summed E-state index contributed by atoms with van der Waals surface area (Å²) in [6, 6.07) is 0.696. The lowest BCUT2D eigenvalue weighted by Gasteiger charge is -2.09. The lowest BCUT2D eigenvalue weighted by molar-refractivity contribution is 0.408. The van der Waals surface area contributed by atoms with E-state index in [-0.39, 0.29) is 0 Å². The third kappa shape index (κ3) is 1.66. The van der Waals surface area contributed by atoms with Gasteiger partial charge in [-0.25, -0.2) is 0 Å². The van der Waals surface area contributed by atoms with Gasteiger partial charge in [0.2, 0.25) is 0 Å². The SMILES string of the molecule is CC(C)c1noc(N2CCCC2)n1. The van der Waals surface area contributed by atoms with Crippen LogP contribution in [0.4, 0.5) is 6.01 Å². The van der Waals surface area contributed by atoms with E-state index >= 15 is 0 Å². The Labute approximate surface area is 77.9 Å². The number of aromatic nitrogens is 2. The van der Waals surface area contributed by atoms with E-state index in [4.69, 9.17) is 4.52 Å². The normalized spacial score (nSPS) is 17.3. The Kier molecular flexibility index (Phi) is 2.20. The van der Waals surface area contributed by atoms with E-state index in [0.29, 0.717) is 11.9 Å². The molecule has 4 heteroatoms.